The van der Waals surface area contributed by atoms with Gasteiger partial charge in [-0.3, -0.25) is 14.4 Å². The molecule has 0 bridgehead atoms. The van der Waals surface area contributed by atoms with Gasteiger partial charge in [0.2, 0.25) is 5.91 Å². The maximum absolute atomic E-state index is 13.0. The predicted molar refractivity (Wildman–Crippen MR) is 167 cm³/mol. The summed E-state index contributed by atoms with van der Waals surface area (Å²) in [4.78, 5) is 19.4. The Hall–Kier alpha value is -2.67. The molecule has 42 heavy (non-hydrogen) atoms. The van der Waals surface area contributed by atoms with Crippen molar-refractivity contribution in [2.75, 3.05) is 59.8 Å². The largest absolute Gasteiger partial charge is 0.379 e. The minimum Gasteiger partial charge on any atom is -0.379 e. The Labute approximate surface area is 256 Å². The number of nitrogens with zero attached hydrogens (tertiary/aromatic N) is 4. The van der Waals surface area contributed by atoms with Crippen LogP contribution in [0.4, 0.5) is 0 Å². The molecule has 12 heteroatoms. The minimum atomic E-state index is -0.489. The average molecular weight is 617 g/mol. The number of nitrogens with one attached hydrogen (secondary N) is 2. The molecule has 1 aliphatic heterocycles. The average Bonchev–Trinajstić information content (AvgIpc) is 3.45. The van der Waals surface area contributed by atoms with Crippen molar-refractivity contribution in [2.45, 2.75) is 46.1 Å². The highest BCUT2D eigenvalue weighted by molar-refractivity contribution is 7.15. The number of rotatable bonds is 17. The quantitative estimate of drug-likeness (QED) is 0.217. The van der Waals surface area contributed by atoms with E-state index in [0.29, 0.717) is 56.8 Å². The summed E-state index contributed by atoms with van der Waals surface area (Å²) in [5.74, 6) is 1.34. The van der Waals surface area contributed by atoms with Crippen molar-refractivity contribution in [3.05, 3.63) is 62.5 Å². The first-order chi connectivity index (χ1) is 20.4. The molecule has 0 radical (unpaired) electrons. The maximum Gasteiger partial charge on any atom is 0.222 e. The van der Waals surface area contributed by atoms with E-state index in [9.17, 15) is 4.79 Å². The number of hydrogen-bond donors (Lipinski definition) is 2. The van der Waals surface area contributed by atoms with Crippen LogP contribution < -0.4 is 10.6 Å². The Morgan fingerprint density at radius 2 is 1.60 bits per heavy atom. The van der Waals surface area contributed by atoms with Crippen LogP contribution in [0.1, 0.15) is 58.5 Å². The minimum absolute atomic E-state index is 0.0948. The number of aromatic nitrogens is 3. The molecule has 3 heterocycles. The van der Waals surface area contributed by atoms with Crippen molar-refractivity contribution < 1.29 is 19.0 Å². The molecule has 0 spiro atoms. The molecule has 0 fully saturated rings. The zero-order chi connectivity index (χ0) is 29.9. The number of thiophene rings is 1. The lowest BCUT2D eigenvalue weighted by Crippen LogP contribution is -2.27. The molecule has 1 aromatic carbocycles. The Balaban J connectivity index is 1.30. The van der Waals surface area contributed by atoms with Crippen LogP contribution in [0.2, 0.25) is 5.02 Å². The normalized spacial score (nSPS) is 14.3. The second kappa shape index (κ2) is 16.3. The molecule has 3 aromatic rings. The number of carbonyl (C=O) groups is 1. The molecule has 2 N–H and O–H groups in total. The van der Waals surface area contributed by atoms with Gasteiger partial charge in [0.25, 0.3) is 0 Å². The van der Waals surface area contributed by atoms with Gasteiger partial charge in [-0.2, -0.15) is 0 Å². The first kappa shape index (κ1) is 32.2. The van der Waals surface area contributed by atoms with Gasteiger partial charge >= 0.3 is 0 Å². The van der Waals surface area contributed by atoms with E-state index in [2.05, 4.69) is 39.2 Å². The third-order valence-electron chi connectivity index (χ3n) is 6.98. The molecule has 0 aliphatic carbocycles. The SMILES string of the molecule is CNCCCOCCOCCOCCCNC(=O)C[C@@H]1N=C(c2ccc(Cl)cc2)c2c(sc(C)c2C)-n2c(C)nnc21. The summed E-state index contributed by atoms with van der Waals surface area (Å²) in [6, 6.07) is 7.18. The van der Waals surface area contributed by atoms with Crippen molar-refractivity contribution in [1.29, 1.82) is 0 Å². The van der Waals surface area contributed by atoms with Crippen molar-refractivity contribution >= 4 is 34.6 Å². The van der Waals surface area contributed by atoms with Crippen LogP contribution in [0.25, 0.3) is 5.00 Å². The van der Waals surface area contributed by atoms with Crippen molar-refractivity contribution in [3.8, 4) is 5.00 Å². The van der Waals surface area contributed by atoms with Gasteiger partial charge in [-0.05, 0) is 64.9 Å². The zero-order valence-electron chi connectivity index (χ0n) is 24.9. The van der Waals surface area contributed by atoms with Crippen LogP contribution in [-0.4, -0.2) is 86.2 Å². The third kappa shape index (κ3) is 8.46. The fraction of sp³-hybridized carbons (Fsp3) is 0.533. The number of carbonyl (C=O) groups excluding carboxylic acids is 1. The molecule has 1 atom stereocenters. The highest BCUT2D eigenvalue weighted by atomic mass is 35.5. The van der Waals surface area contributed by atoms with E-state index in [0.717, 1.165) is 52.8 Å². The number of aryl methyl sites for hydroxylation is 2. The van der Waals surface area contributed by atoms with Gasteiger partial charge in [-0.1, -0.05) is 23.7 Å². The van der Waals surface area contributed by atoms with Crippen LogP contribution in [0.15, 0.2) is 29.3 Å². The summed E-state index contributed by atoms with van der Waals surface area (Å²) < 4.78 is 18.7. The van der Waals surface area contributed by atoms with E-state index >= 15 is 0 Å². The fourth-order valence-electron chi connectivity index (χ4n) is 4.68. The number of fused-ring (bicyclic) bond motifs is 3. The number of benzene rings is 1. The van der Waals surface area contributed by atoms with E-state index in [-0.39, 0.29) is 12.3 Å². The molecule has 1 amide bonds. The van der Waals surface area contributed by atoms with Crippen LogP contribution >= 0.6 is 22.9 Å². The maximum atomic E-state index is 13.0. The molecule has 0 unspecified atom stereocenters. The fourth-order valence-corrected chi connectivity index (χ4v) is 6.02. The van der Waals surface area contributed by atoms with Gasteiger partial charge in [-0.25, -0.2) is 0 Å². The second-order valence-corrected chi connectivity index (χ2v) is 11.7. The summed E-state index contributed by atoms with van der Waals surface area (Å²) in [7, 11) is 1.93. The molecule has 10 nitrogen and oxygen atoms in total. The van der Waals surface area contributed by atoms with Gasteiger partial charge in [0.1, 0.15) is 16.9 Å². The summed E-state index contributed by atoms with van der Waals surface area (Å²) >= 11 is 7.88. The topological polar surface area (TPSA) is 112 Å². The van der Waals surface area contributed by atoms with E-state index in [1.807, 2.05) is 38.2 Å². The van der Waals surface area contributed by atoms with Crippen molar-refractivity contribution in [2.24, 2.45) is 4.99 Å². The van der Waals surface area contributed by atoms with E-state index < -0.39 is 6.04 Å². The van der Waals surface area contributed by atoms with Crippen LogP contribution in [-0.2, 0) is 19.0 Å². The molecule has 0 saturated carbocycles. The molecule has 0 saturated heterocycles. The predicted octanol–water partition coefficient (Wildman–Crippen LogP) is 4.36. The highest BCUT2D eigenvalue weighted by Crippen LogP contribution is 2.39. The number of halogens is 1. The molecule has 2 aromatic heterocycles. The lowest BCUT2D eigenvalue weighted by molar-refractivity contribution is -0.121. The Bertz CT molecular complexity index is 1340. The number of amides is 1. The first-order valence-electron chi connectivity index (χ1n) is 14.4. The molecule has 1 aliphatic rings. The summed E-state index contributed by atoms with van der Waals surface area (Å²) in [6.45, 7) is 11.1. The van der Waals surface area contributed by atoms with Crippen molar-refractivity contribution in [1.82, 2.24) is 25.4 Å². The number of hydrogen-bond acceptors (Lipinski definition) is 9. The molecular weight excluding hydrogens is 576 g/mol. The molecule has 228 valence electrons. The van der Waals surface area contributed by atoms with E-state index in [1.165, 1.54) is 4.88 Å². The van der Waals surface area contributed by atoms with Gasteiger partial charge in [-0.15, -0.1) is 21.5 Å². The standard InChI is InChI=1S/C30H41ClN6O4S/c1-20-21(2)42-30-27(20)28(23-7-9-24(31)10-8-23)34-25(29-36-35-22(3)37(29)30)19-26(38)33-12-6-14-40-16-18-41-17-15-39-13-5-11-32-4/h7-10,25,32H,5-6,11-19H2,1-4H3,(H,33,38)/t25-/m0/s1. The Morgan fingerprint density at radius 3 is 2.26 bits per heavy atom. The van der Waals surface area contributed by atoms with Gasteiger partial charge in [0.15, 0.2) is 5.82 Å². The van der Waals surface area contributed by atoms with E-state index in [1.54, 1.807) is 11.3 Å². The lowest BCUT2D eigenvalue weighted by Gasteiger charge is -2.13. The monoisotopic (exact) mass is 616 g/mol. The van der Waals surface area contributed by atoms with Gasteiger partial charge in [0.05, 0.1) is 38.6 Å². The Kier molecular flexibility index (Phi) is 12.5. The highest BCUT2D eigenvalue weighted by Gasteiger charge is 2.32. The zero-order valence-corrected chi connectivity index (χ0v) is 26.4. The molecule has 4 rings (SSSR count). The lowest BCUT2D eigenvalue weighted by atomic mass is 9.99. The smallest absolute Gasteiger partial charge is 0.222 e. The van der Waals surface area contributed by atoms with Crippen molar-refractivity contribution in [3.63, 3.8) is 0 Å². The summed E-state index contributed by atoms with van der Waals surface area (Å²) in [5.41, 5.74) is 3.99. The van der Waals surface area contributed by atoms with Crippen LogP contribution in [0, 0.1) is 20.8 Å². The summed E-state index contributed by atoms with van der Waals surface area (Å²) in [5, 5.41) is 16.6. The summed E-state index contributed by atoms with van der Waals surface area (Å²) in [6.07, 6.45) is 1.86. The van der Waals surface area contributed by atoms with Crippen LogP contribution in [0.3, 0.4) is 0 Å². The van der Waals surface area contributed by atoms with E-state index in [4.69, 9.17) is 30.8 Å². The Morgan fingerprint density at radius 1 is 0.952 bits per heavy atom. The van der Waals surface area contributed by atoms with Crippen LogP contribution in [0.5, 0.6) is 0 Å². The van der Waals surface area contributed by atoms with Gasteiger partial charge < -0.3 is 24.8 Å². The van der Waals surface area contributed by atoms with Gasteiger partial charge in [0, 0.05) is 40.8 Å². The second-order valence-electron chi connectivity index (χ2n) is 10.1. The first-order valence-corrected chi connectivity index (χ1v) is 15.6. The number of aliphatic imine (C=N–C) groups is 1. The third-order valence-corrected chi connectivity index (χ3v) is 8.43. The molecular formula is C30H41ClN6O4S. The number of ether oxygens (including phenoxy) is 3.